The number of nitrogens with zero attached hydrogens (tertiary/aromatic N) is 2. The first kappa shape index (κ1) is 13.8. The number of benzene rings is 1. The number of rotatable bonds is 5. The van der Waals surface area contributed by atoms with E-state index < -0.39 is 0 Å². The Morgan fingerprint density at radius 3 is 2.89 bits per heavy atom. The largest absolute Gasteiger partial charge is 0.396 e. The molecule has 96 valence electrons. The molecule has 0 bridgehead atoms. The molecule has 0 aliphatic heterocycles. The Morgan fingerprint density at radius 1 is 1.56 bits per heavy atom. The van der Waals surface area contributed by atoms with Gasteiger partial charge >= 0.3 is 0 Å². The van der Waals surface area contributed by atoms with Gasteiger partial charge in [-0.2, -0.15) is 5.26 Å². The zero-order chi connectivity index (χ0) is 13.5. The van der Waals surface area contributed by atoms with Crippen molar-refractivity contribution in [1.29, 1.82) is 5.26 Å². The highest BCUT2D eigenvalue weighted by atomic mass is 16.2. The Bertz CT molecular complexity index is 465. The Hall–Kier alpha value is -2.22. The molecule has 0 spiro atoms. The van der Waals surface area contributed by atoms with Crippen LogP contribution < -0.4 is 16.0 Å². The Kier molecular flexibility index (Phi) is 5.00. The van der Waals surface area contributed by atoms with Crippen LogP contribution in [-0.4, -0.2) is 26.0 Å². The number of amides is 1. The van der Waals surface area contributed by atoms with Gasteiger partial charge in [0.25, 0.3) is 0 Å². The topological polar surface area (TPSA) is 82.2 Å². The molecule has 3 N–H and O–H groups in total. The predicted molar refractivity (Wildman–Crippen MR) is 72.1 cm³/mol. The van der Waals surface area contributed by atoms with E-state index in [-0.39, 0.29) is 12.5 Å². The van der Waals surface area contributed by atoms with Crippen molar-refractivity contribution >= 4 is 17.3 Å². The van der Waals surface area contributed by atoms with E-state index in [2.05, 4.69) is 5.32 Å². The molecule has 0 heterocycles. The highest BCUT2D eigenvalue weighted by Gasteiger charge is 2.11. The SMILES string of the molecule is CCCNC(=O)CN(C)c1cccc(C#N)c1N. The fourth-order valence-corrected chi connectivity index (χ4v) is 1.60. The average Bonchev–Trinajstić information content (AvgIpc) is 2.36. The van der Waals surface area contributed by atoms with Gasteiger partial charge in [0, 0.05) is 13.6 Å². The van der Waals surface area contributed by atoms with Crippen molar-refractivity contribution in [3.05, 3.63) is 23.8 Å². The number of nitrogens with one attached hydrogen (secondary N) is 1. The molecule has 0 atom stereocenters. The first-order valence-electron chi connectivity index (χ1n) is 5.86. The summed E-state index contributed by atoms with van der Waals surface area (Å²) in [5.41, 5.74) is 7.40. The Morgan fingerprint density at radius 2 is 2.28 bits per heavy atom. The molecule has 1 aromatic rings. The molecular formula is C13H18N4O. The van der Waals surface area contributed by atoms with Gasteiger partial charge in [-0.3, -0.25) is 4.79 Å². The lowest BCUT2D eigenvalue weighted by molar-refractivity contribution is -0.119. The zero-order valence-corrected chi connectivity index (χ0v) is 10.7. The second-order valence-corrected chi connectivity index (χ2v) is 4.06. The van der Waals surface area contributed by atoms with Crippen molar-refractivity contribution in [1.82, 2.24) is 5.32 Å². The van der Waals surface area contributed by atoms with Gasteiger partial charge in [-0.1, -0.05) is 13.0 Å². The maximum Gasteiger partial charge on any atom is 0.239 e. The first-order chi connectivity index (χ1) is 8.60. The van der Waals surface area contributed by atoms with Gasteiger partial charge in [0.05, 0.1) is 23.5 Å². The molecule has 0 aliphatic carbocycles. The van der Waals surface area contributed by atoms with Gasteiger partial charge in [0.15, 0.2) is 0 Å². The number of para-hydroxylation sites is 1. The van der Waals surface area contributed by atoms with Crippen LogP contribution in [-0.2, 0) is 4.79 Å². The zero-order valence-electron chi connectivity index (χ0n) is 10.7. The number of nitriles is 1. The summed E-state index contributed by atoms with van der Waals surface area (Å²) in [6.07, 6.45) is 0.904. The molecule has 0 aliphatic rings. The summed E-state index contributed by atoms with van der Waals surface area (Å²) in [4.78, 5) is 13.3. The average molecular weight is 246 g/mol. The fourth-order valence-electron chi connectivity index (χ4n) is 1.60. The van der Waals surface area contributed by atoms with Crippen LogP contribution in [0.15, 0.2) is 18.2 Å². The second-order valence-electron chi connectivity index (χ2n) is 4.06. The standard InChI is InChI=1S/C13H18N4O/c1-3-7-16-12(18)9-17(2)11-6-4-5-10(8-14)13(11)15/h4-6H,3,7,9,15H2,1-2H3,(H,16,18). The lowest BCUT2D eigenvalue weighted by Gasteiger charge is -2.20. The molecular weight excluding hydrogens is 228 g/mol. The summed E-state index contributed by atoms with van der Waals surface area (Å²) in [6.45, 7) is 2.89. The number of hydrogen-bond donors (Lipinski definition) is 2. The van der Waals surface area contributed by atoms with E-state index >= 15 is 0 Å². The smallest absolute Gasteiger partial charge is 0.239 e. The van der Waals surface area contributed by atoms with Crippen LogP contribution in [0.5, 0.6) is 0 Å². The minimum atomic E-state index is -0.0545. The number of hydrogen-bond acceptors (Lipinski definition) is 4. The number of anilines is 2. The third-order valence-corrected chi connectivity index (χ3v) is 2.57. The molecule has 0 unspecified atom stereocenters. The van der Waals surface area contributed by atoms with Crippen LogP contribution in [0.2, 0.25) is 0 Å². The van der Waals surface area contributed by atoms with Crippen molar-refractivity contribution in [2.75, 3.05) is 30.8 Å². The predicted octanol–water partition coefficient (Wildman–Crippen LogP) is 1.10. The first-order valence-corrected chi connectivity index (χ1v) is 5.86. The van der Waals surface area contributed by atoms with Gasteiger partial charge < -0.3 is 16.0 Å². The maximum absolute atomic E-state index is 11.6. The van der Waals surface area contributed by atoms with Crippen LogP contribution in [0.3, 0.4) is 0 Å². The van der Waals surface area contributed by atoms with Crippen LogP contribution in [0.4, 0.5) is 11.4 Å². The van der Waals surface area contributed by atoms with E-state index in [0.29, 0.717) is 23.5 Å². The third-order valence-electron chi connectivity index (χ3n) is 2.57. The quantitative estimate of drug-likeness (QED) is 0.762. The van der Waals surface area contributed by atoms with E-state index in [1.807, 2.05) is 13.0 Å². The summed E-state index contributed by atoms with van der Waals surface area (Å²) in [5.74, 6) is -0.0545. The van der Waals surface area contributed by atoms with Crippen molar-refractivity contribution in [3.63, 3.8) is 0 Å². The number of likely N-dealkylation sites (N-methyl/N-ethyl adjacent to an activating group) is 1. The lowest BCUT2D eigenvalue weighted by atomic mass is 10.1. The van der Waals surface area contributed by atoms with Crippen LogP contribution in [0, 0.1) is 11.3 Å². The summed E-state index contributed by atoms with van der Waals surface area (Å²) in [7, 11) is 1.78. The highest BCUT2D eigenvalue weighted by molar-refractivity contribution is 5.83. The Balaban J connectivity index is 2.76. The van der Waals surface area contributed by atoms with Crippen LogP contribution in [0.25, 0.3) is 0 Å². The minimum Gasteiger partial charge on any atom is -0.396 e. The van der Waals surface area contributed by atoms with Gasteiger partial charge in [-0.25, -0.2) is 0 Å². The maximum atomic E-state index is 11.6. The molecule has 1 rings (SSSR count). The minimum absolute atomic E-state index is 0.0545. The monoisotopic (exact) mass is 246 g/mol. The number of nitrogens with two attached hydrogens (primary N) is 1. The van der Waals surface area contributed by atoms with Gasteiger partial charge in [0.1, 0.15) is 6.07 Å². The summed E-state index contributed by atoms with van der Waals surface area (Å²) >= 11 is 0. The van der Waals surface area contributed by atoms with Crippen molar-refractivity contribution in [2.24, 2.45) is 0 Å². The molecule has 1 aromatic carbocycles. The van der Waals surface area contributed by atoms with E-state index in [4.69, 9.17) is 11.0 Å². The molecule has 0 saturated carbocycles. The van der Waals surface area contributed by atoms with E-state index in [1.54, 1.807) is 30.1 Å². The molecule has 5 nitrogen and oxygen atoms in total. The van der Waals surface area contributed by atoms with Crippen molar-refractivity contribution in [2.45, 2.75) is 13.3 Å². The third kappa shape index (κ3) is 3.39. The van der Waals surface area contributed by atoms with Crippen molar-refractivity contribution < 1.29 is 4.79 Å². The van der Waals surface area contributed by atoms with Crippen molar-refractivity contribution in [3.8, 4) is 6.07 Å². The normalized spacial score (nSPS) is 9.61. The van der Waals surface area contributed by atoms with Gasteiger partial charge in [0.2, 0.25) is 5.91 Å². The molecule has 1 amide bonds. The van der Waals surface area contributed by atoms with E-state index in [0.717, 1.165) is 6.42 Å². The lowest BCUT2D eigenvalue weighted by Crippen LogP contribution is -2.35. The molecule has 5 heteroatoms. The number of carbonyl (C=O) groups is 1. The molecule has 0 radical (unpaired) electrons. The highest BCUT2D eigenvalue weighted by Crippen LogP contribution is 2.24. The van der Waals surface area contributed by atoms with Crippen LogP contribution >= 0.6 is 0 Å². The molecule has 0 aromatic heterocycles. The van der Waals surface area contributed by atoms with Gasteiger partial charge in [-0.05, 0) is 18.6 Å². The van der Waals surface area contributed by atoms with Gasteiger partial charge in [-0.15, -0.1) is 0 Å². The van der Waals surface area contributed by atoms with Crippen LogP contribution in [0.1, 0.15) is 18.9 Å². The summed E-state index contributed by atoms with van der Waals surface area (Å²) < 4.78 is 0. The molecule has 0 fully saturated rings. The number of nitrogen functional groups attached to an aromatic ring is 1. The second kappa shape index (κ2) is 6.50. The fraction of sp³-hybridized carbons (Fsp3) is 0.385. The summed E-state index contributed by atoms with van der Waals surface area (Å²) in [6, 6.07) is 7.23. The van der Waals surface area contributed by atoms with E-state index in [1.165, 1.54) is 0 Å². The number of carbonyl (C=O) groups excluding carboxylic acids is 1. The van der Waals surface area contributed by atoms with E-state index in [9.17, 15) is 4.79 Å². The Labute approximate surface area is 107 Å². The molecule has 0 saturated heterocycles. The molecule has 18 heavy (non-hydrogen) atoms. The summed E-state index contributed by atoms with van der Waals surface area (Å²) in [5, 5.41) is 11.7.